The standard InChI is InChI=1S/C46H31N3/c1-46(33-16-6-3-7-17-33)39-21-11-8-18-34(39)36-28-29-37-35-19-10-13-23-41(35)49(44(37)42(36)46)45-47-40-22-12-9-20-38(40)43(48-45)32-26-24-31(25-27-32)30-14-4-2-5-15-30/h2-29H,1H3. The average molecular weight is 626 g/mol. The zero-order valence-corrected chi connectivity index (χ0v) is 27.0. The molecule has 0 radical (unpaired) electrons. The van der Waals surface area contributed by atoms with Gasteiger partial charge in [0.1, 0.15) is 0 Å². The van der Waals surface area contributed by atoms with E-state index in [0.717, 1.165) is 33.2 Å². The lowest BCUT2D eigenvalue weighted by Gasteiger charge is -2.29. The Morgan fingerprint density at radius 3 is 1.92 bits per heavy atom. The molecule has 0 fully saturated rings. The molecule has 2 heterocycles. The van der Waals surface area contributed by atoms with Gasteiger partial charge in [-0.25, -0.2) is 9.97 Å². The van der Waals surface area contributed by atoms with E-state index in [1.807, 2.05) is 0 Å². The number of hydrogen-bond acceptors (Lipinski definition) is 2. The molecule has 0 saturated carbocycles. The number of para-hydroxylation sites is 2. The van der Waals surface area contributed by atoms with Crippen molar-refractivity contribution in [2.75, 3.05) is 0 Å². The molecule has 1 aliphatic carbocycles. The summed E-state index contributed by atoms with van der Waals surface area (Å²) >= 11 is 0. The monoisotopic (exact) mass is 625 g/mol. The maximum atomic E-state index is 5.46. The number of fused-ring (bicyclic) bond motifs is 8. The number of rotatable bonds is 4. The third-order valence-electron chi connectivity index (χ3n) is 10.5. The van der Waals surface area contributed by atoms with Gasteiger partial charge in [-0.05, 0) is 58.0 Å². The van der Waals surface area contributed by atoms with Crippen LogP contribution in [0.5, 0.6) is 0 Å². The van der Waals surface area contributed by atoms with Gasteiger partial charge in [-0.15, -0.1) is 0 Å². The summed E-state index contributed by atoms with van der Waals surface area (Å²) in [6.45, 7) is 2.38. The van der Waals surface area contributed by atoms with Crippen LogP contribution in [-0.4, -0.2) is 14.5 Å². The topological polar surface area (TPSA) is 30.7 Å². The summed E-state index contributed by atoms with van der Waals surface area (Å²) in [4.78, 5) is 10.8. The Labute approximate surface area is 284 Å². The van der Waals surface area contributed by atoms with Gasteiger partial charge < -0.3 is 0 Å². The van der Waals surface area contributed by atoms with Crippen molar-refractivity contribution in [1.29, 1.82) is 0 Å². The van der Waals surface area contributed by atoms with Gasteiger partial charge in [0, 0.05) is 27.1 Å². The van der Waals surface area contributed by atoms with Gasteiger partial charge in [0.05, 0.1) is 22.2 Å². The molecule has 230 valence electrons. The molecule has 0 bridgehead atoms. The summed E-state index contributed by atoms with van der Waals surface area (Å²) in [5.74, 6) is 0.673. The zero-order chi connectivity index (χ0) is 32.5. The Morgan fingerprint density at radius 2 is 1.10 bits per heavy atom. The highest BCUT2D eigenvalue weighted by atomic mass is 15.2. The smallest absolute Gasteiger partial charge is 0.235 e. The molecule has 10 rings (SSSR count). The van der Waals surface area contributed by atoms with Gasteiger partial charge in [-0.2, -0.15) is 0 Å². The van der Waals surface area contributed by atoms with Crippen LogP contribution in [0, 0.1) is 0 Å². The second-order valence-corrected chi connectivity index (χ2v) is 13.1. The fourth-order valence-corrected chi connectivity index (χ4v) is 8.19. The van der Waals surface area contributed by atoms with Crippen LogP contribution in [0.2, 0.25) is 0 Å². The van der Waals surface area contributed by atoms with E-state index < -0.39 is 0 Å². The van der Waals surface area contributed by atoms with Crippen molar-refractivity contribution in [3.8, 4) is 39.5 Å². The molecule has 3 nitrogen and oxygen atoms in total. The summed E-state index contributed by atoms with van der Waals surface area (Å²) in [6, 6.07) is 60.8. The van der Waals surface area contributed by atoms with E-state index in [-0.39, 0.29) is 5.41 Å². The molecule has 1 aliphatic rings. The highest BCUT2D eigenvalue weighted by molar-refractivity contribution is 6.13. The predicted octanol–water partition coefficient (Wildman–Crippen LogP) is 11.4. The first-order valence-electron chi connectivity index (χ1n) is 16.9. The normalized spacial score (nSPS) is 15.1. The summed E-state index contributed by atoms with van der Waals surface area (Å²) in [6.07, 6.45) is 0. The molecular formula is C46H31N3. The molecular weight excluding hydrogens is 595 g/mol. The van der Waals surface area contributed by atoms with Crippen LogP contribution in [0.1, 0.15) is 23.6 Å². The fourth-order valence-electron chi connectivity index (χ4n) is 8.19. The van der Waals surface area contributed by atoms with Gasteiger partial charge in [-0.1, -0.05) is 158 Å². The number of aromatic nitrogens is 3. The maximum absolute atomic E-state index is 5.46. The van der Waals surface area contributed by atoms with Crippen molar-refractivity contribution in [2.24, 2.45) is 0 Å². The minimum atomic E-state index is -0.383. The third kappa shape index (κ3) is 4.03. The van der Waals surface area contributed by atoms with E-state index in [2.05, 4.69) is 181 Å². The van der Waals surface area contributed by atoms with Gasteiger partial charge in [-0.3, -0.25) is 4.57 Å². The van der Waals surface area contributed by atoms with Crippen LogP contribution < -0.4 is 0 Å². The molecule has 1 unspecified atom stereocenters. The molecule has 0 saturated heterocycles. The number of benzene rings is 7. The van der Waals surface area contributed by atoms with Gasteiger partial charge in [0.25, 0.3) is 0 Å². The van der Waals surface area contributed by atoms with Gasteiger partial charge >= 0.3 is 0 Å². The minimum absolute atomic E-state index is 0.383. The van der Waals surface area contributed by atoms with Gasteiger partial charge in [0.15, 0.2) is 0 Å². The Hall–Kier alpha value is -6.32. The highest BCUT2D eigenvalue weighted by Gasteiger charge is 2.43. The van der Waals surface area contributed by atoms with Crippen molar-refractivity contribution in [2.45, 2.75) is 12.3 Å². The maximum Gasteiger partial charge on any atom is 0.235 e. The van der Waals surface area contributed by atoms with Crippen LogP contribution in [0.15, 0.2) is 170 Å². The van der Waals surface area contributed by atoms with E-state index in [0.29, 0.717) is 5.95 Å². The quantitative estimate of drug-likeness (QED) is 0.195. The van der Waals surface area contributed by atoms with E-state index in [1.165, 1.54) is 49.7 Å². The number of hydrogen-bond donors (Lipinski definition) is 0. The van der Waals surface area contributed by atoms with Crippen molar-refractivity contribution >= 4 is 32.7 Å². The molecule has 0 aliphatic heterocycles. The Morgan fingerprint density at radius 1 is 0.469 bits per heavy atom. The lowest BCUT2D eigenvalue weighted by Crippen LogP contribution is -2.23. The minimum Gasteiger partial charge on any atom is -0.278 e. The van der Waals surface area contributed by atoms with E-state index >= 15 is 0 Å². The summed E-state index contributed by atoms with van der Waals surface area (Å²) in [5.41, 5.74) is 13.6. The second-order valence-electron chi connectivity index (χ2n) is 13.1. The third-order valence-corrected chi connectivity index (χ3v) is 10.5. The first-order valence-corrected chi connectivity index (χ1v) is 16.9. The molecule has 0 N–H and O–H groups in total. The molecule has 1 atom stereocenters. The van der Waals surface area contributed by atoms with Crippen molar-refractivity contribution < 1.29 is 0 Å². The van der Waals surface area contributed by atoms with E-state index in [9.17, 15) is 0 Å². The zero-order valence-electron chi connectivity index (χ0n) is 27.0. The van der Waals surface area contributed by atoms with Gasteiger partial charge in [0.2, 0.25) is 5.95 Å². The van der Waals surface area contributed by atoms with Crippen LogP contribution >= 0.6 is 0 Å². The number of nitrogens with zero attached hydrogens (tertiary/aromatic N) is 3. The molecule has 49 heavy (non-hydrogen) atoms. The molecule has 7 aromatic carbocycles. The van der Waals surface area contributed by atoms with Crippen LogP contribution in [0.3, 0.4) is 0 Å². The Bertz CT molecular complexity index is 2710. The fraction of sp³-hybridized carbons (Fsp3) is 0.0435. The largest absolute Gasteiger partial charge is 0.278 e. The van der Waals surface area contributed by atoms with Crippen LogP contribution in [0.4, 0.5) is 0 Å². The molecule has 0 spiro atoms. The molecule has 9 aromatic rings. The predicted molar refractivity (Wildman–Crippen MR) is 202 cm³/mol. The summed E-state index contributed by atoms with van der Waals surface area (Å²) in [7, 11) is 0. The average Bonchev–Trinajstić information content (AvgIpc) is 3.65. The summed E-state index contributed by atoms with van der Waals surface area (Å²) in [5, 5.41) is 3.43. The summed E-state index contributed by atoms with van der Waals surface area (Å²) < 4.78 is 2.32. The second kappa shape index (κ2) is 10.6. The highest BCUT2D eigenvalue weighted by Crippen LogP contribution is 2.55. The first-order chi connectivity index (χ1) is 24.2. The Balaban J connectivity index is 1.29. The lowest BCUT2D eigenvalue weighted by atomic mass is 9.73. The molecule has 3 heteroatoms. The van der Waals surface area contributed by atoms with Crippen molar-refractivity contribution in [3.63, 3.8) is 0 Å². The lowest BCUT2D eigenvalue weighted by molar-refractivity contribution is 0.716. The van der Waals surface area contributed by atoms with Crippen molar-refractivity contribution in [1.82, 2.24) is 14.5 Å². The van der Waals surface area contributed by atoms with E-state index in [4.69, 9.17) is 9.97 Å². The van der Waals surface area contributed by atoms with Crippen molar-refractivity contribution in [3.05, 3.63) is 187 Å². The molecule has 2 aromatic heterocycles. The first kappa shape index (κ1) is 27.8. The van der Waals surface area contributed by atoms with Crippen LogP contribution in [-0.2, 0) is 5.41 Å². The van der Waals surface area contributed by atoms with Crippen LogP contribution in [0.25, 0.3) is 72.2 Å². The SMILES string of the molecule is CC1(c2ccccc2)c2ccccc2-c2ccc3c4ccccc4n(-c4nc(-c5ccc(-c6ccccc6)cc5)c5ccccc5n4)c3c21. The molecule has 0 amide bonds. The Kier molecular flexibility index (Phi) is 6.00. The van der Waals surface area contributed by atoms with E-state index in [1.54, 1.807) is 0 Å².